The number of benzene rings is 1. The Bertz CT molecular complexity index is 450. The number of hydrogen-bond donors (Lipinski definition) is 3. The number of aliphatic hydroxyl groups excluding tert-OH is 1. The van der Waals surface area contributed by atoms with Gasteiger partial charge < -0.3 is 15.5 Å². The highest BCUT2D eigenvalue weighted by Gasteiger charge is 2.34. The summed E-state index contributed by atoms with van der Waals surface area (Å²) in [6, 6.07) is 7.32. The number of rotatable bonds is 4. The highest BCUT2D eigenvalue weighted by Crippen LogP contribution is 2.21. The summed E-state index contributed by atoms with van der Waals surface area (Å²) in [6.45, 7) is 5.13. The van der Waals surface area contributed by atoms with Gasteiger partial charge in [0.2, 0.25) is 0 Å². The molecule has 0 spiro atoms. The number of aliphatic hydroxyl groups is 1. The Balaban J connectivity index is 2.81. The van der Waals surface area contributed by atoms with Gasteiger partial charge in [0, 0.05) is 0 Å². The molecule has 1 aromatic rings. The highest BCUT2D eigenvalue weighted by molar-refractivity contribution is 5.87. The van der Waals surface area contributed by atoms with Crippen molar-refractivity contribution in [3.05, 3.63) is 35.9 Å². The zero-order chi connectivity index (χ0) is 14.6. The Morgan fingerprint density at radius 3 is 2.11 bits per heavy atom. The Labute approximate surface area is 112 Å². The van der Waals surface area contributed by atoms with E-state index < -0.39 is 29.4 Å². The molecule has 0 heterocycles. The third-order valence-electron chi connectivity index (χ3n) is 2.76. The smallest absolute Gasteiger partial charge is 0.326 e. The Hall–Kier alpha value is -1.88. The van der Waals surface area contributed by atoms with Crippen molar-refractivity contribution in [2.75, 3.05) is 0 Å². The highest BCUT2D eigenvalue weighted by atomic mass is 16.4. The predicted octanol–water partition coefficient (Wildman–Crippen LogP) is 1.34. The van der Waals surface area contributed by atoms with E-state index in [2.05, 4.69) is 5.32 Å². The third kappa shape index (κ3) is 4.06. The molecule has 0 aliphatic heterocycles. The number of carboxylic acid groups (broad SMARTS) is 1. The lowest BCUT2D eigenvalue weighted by Crippen LogP contribution is -2.50. The van der Waals surface area contributed by atoms with Gasteiger partial charge >= 0.3 is 5.97 Å². The Morgan fingerprint density at radius 2 is 1.68 bits per heavy atom. The largest absolute Gasteiger partial charge is 0.480 e. The van der Waals surface area contributed by atoms with E-state index in [9.17, 15) is 14.7 Å². The molecule has 19 heavy (non-hydrogen) atoms. The molecular formula is C14H19NO4. The molecule has 0 aliphatic carbocycles. The van der Waals surface area contributed by atoms with Gasteiger partial charge in [-0.2, -0.15) is 0 Å². The van der Waals surface area contributed by atoms with E-state index in [0.29, 0.717) is 5.56 Å². The summed E-state index contributed by atoms with van der Waals surface area (Å²) in [7, 11) is 0. The summed E-state index contributed by atoms with van der Waals surface area (Å²) >= 11 is 0. The van der Waals surface area contributed by atoms with Gasteiger partial charge in [-0.1, -0.05) is 51.1 Å². The Kier molecular flexibility index (Phi) is 4.67. The average molecular weight is 265 g/mol. The van der Waals surface area contributed by atoms with Crippen LogP contribution in [0.5, 0.6) is 0 Å². The molecule has 5 heteroatoms. The number of carbonyl (C=O) groups excluding carboxylic acids is 1. The van der Waals surface area contributed by atoms with Crippen LogP contribution in [0.25, 0.3) is 0 Å². The van der Waals surface area contributed by atoms with Crippen molar-refractivity contribution < 1.29 is 19.8 Å². The molecule has 0 saturated heterocycles. The number of carbonyl (C=O) groups is 2. The molecule has 1 rings (SSSR count). The van der Waals surface area contributed by atoms with Crippen molar-refractivity contribution in [1.29, 1.82) is 0 Å². The van der Waals surface area contributed by atoms with E-state index in [1.807, 2.05) is 0 Å². The fourth-order valence-electron chi connectivity index (χ4n) is 1.66. The van der Waals surface area contributed by atoms with E-state index in [-0.39, 0.29) is 0 Å². The second kappa shape index (κ2) is 5.84. The van der Waals surface area contributed by atoms with E-state index in [1.165, 1.54) is 0 Å². The summed E-state index contributed by atoms with van der Waals surface area (Å²) in [4.78, 5) is 23.0. The predicted molar refractivity (Wildman–Crippen MR) is 70.4 cm³/mol. The van der Waals surface area contributed by atoms with Crippen molar-refractivity contribution >= 4 is 11.9 Å². The van der Waals surface area contributed by atoms with Crippen LogP contribution >= 0.6 is 0 Å². The van der Waals surface area contributed by atoms with Gasteiger partial charge in [-0.05, 0) is 11.0 Å². The van der Waals surface area contributed by atoms with Crippen molar-refractivity contribution in [3.63, 3.8) is 0 Å². The first-order valence-corrected chi connectivity index (χ1v) is 5.99. The molecule has 1 amide bonds. The molecule has 0 radical (unpaired) electrons. The molecule has 0 aromatic heterocycles. The first-order chi connectivity index (χ1) is 8.73. The second-order valence-corrected chi connectivity index (χ2v) is 5.46. The van der Waals surface area contributed by atoms with Gasteiger partial charge in [-0.25, -0.2) is 4.79 Å². The van der Waals surface area contributed by atoms with Crippen LogP contribution in [0.4, 0.5) is 0 Å². The number of amides is 1. The topological polar surface area (TPSA) is 86.6 Å². The Morgan fingerprint density at radius 1 is 1.16 bits per heavy atom. The van der Waals surface area contributed by atoms with E-state index >= 15 is 0 Å². The molecule has 5 nitrogen and oxygen atoms in total. The normalized spacial score (nSPS) is 14.5. The molecule has 0 fully saturated rings. The maximum Gasteiger partial charge on any atom is 0.326 e. The molecule has 0 saturated carbocycles. The maximum atomic E-state index is 11.9. The van der Waals surface area contributed by atoms with Crippen molar-refractivity contribution in [3.8, 4) is 0 Å². The van der Waals surface area contributed by atoms with Gasteiger partial charge in [0.25, 0.3) is 5.91 Å². The third-order valence-corrected chi connectivity index (χ3v) is 2.76. The zero-order valence-electron chi connectivity index (χ0n) is 11.3. The minimum Gasteiger partial charge on any atom is -0.480 e. The van der Waals surface area contributed by atoms with Gasteiger partial charge in [0.15, 0.2) is 6.10 Å². The monoisotopic (exact) mass is 265 g/mol. The van der Waals surface area contributed by atoms with Crippen LogP contribution in [0.3, 0.4) is 0 Å². The lowest BCUT2D eigenvalue weighted by molar-refractivity contribution is -0.146. The SMILES string of the molecule is CC(C)(C)C(NC(=O)C(O)c1ccccc1)C(=O)O. The second-order valence-electron chi connectivity index (χ2n) is 5.46. The average Bonchev–Trinajstić information content (AvgIpc) is 2.34. The van der Waals surface area contributed by atoms with Crippen molar-refractivity contribution in [1.82, 2.24) is 5.32 Å². The lowest BCUT2D eigenvalue weighted by atomic mass is 9.86. The van der Waals surface area contributed by atoms with Gasteiger partial charge in [0.05, 0.1) is 0 Å². The zero-order valence-corrected chi connectivity index (χ0v) is 11.3. The molecule has 2 atom stereocenters. The minimum absolute atomic E-state index is 0.429. The van der Waals surface area contributed by atoms with Crippen molar-refractivity contribution in [2.24, 2.45) is 5.41 Å². The standard InChI is InChI=1S/C14H19NO4/c1-14(2,3)11(13(18)19)15-12(17)10(16)9-7-5-4-6-8-9/h4-8,10-11,16H,1-3H3,(H,15,17)(H,18,19). The number of aliphatic carboxylic acids is 1. The first-order valence-electron chi connectivity index (χ1n) is 5.99. The molecular weight excluding hydrogens is 246 g/mol. The van der Waals surface area contributed by atoms with Crippen LogP contribution in [-0.2, 0) is 9.59 Å². The quantitative estimate of drug-likeness (QED) is 0.766. The van der Waals surface area contributed by atoms with Gasteiger partial charge in [-0.15, -0.1) is 0 Å². The van der Waals surface area contributed by atoms with Crippen LogP contribution in [0.2, 0.25) is 0 Å². The molecule has 1 aromatic carbocycles. The van der Waals surface area contributed by atoms with Crippen LogP contribution in [-0.4, -0.2) is 28.1 Å². The lowest BCUT2D eigenvalue weighted by Gasteiger charge is -2.28. The maximum absolute atomic E-state index is 11.9. The van der Waals surface area contributed by atoms with E-state index in [4.69, 9.17) is 5.11 Å². The minimum atomic E-state index is -1.37. The fraction of sp³-hybridized carbons (Fsp3) is 0.429. The summed E-state index contributed by atoms with van der Waals surface area (Å²) < 4.78 is 0. The van der Waals surface area contributed by atoms with Crippen LogP contribution in [0, 0.1) is 5.41 Å². The van der Waals surface area contributed by atoms with E-state index in [0.717, 1.165) is 0 Å². The van der Waals surface area contributed by atoms with Crippen molar-refractivity contribution in [2.45, 2.75) is 32.9 Å². The molecule has 104 valence electrons. The summed E-state index contributed by atoms with van der Waals surface area (Å²) in [5, 5.41) is 21.4. The summed E-state index contributed by atoms with van der Waals surface area (Å²) in [6.07, 6.45) is -1.37. The van der Waals surface area contributed by atoms with Gasteiger partial charge in [0.1, 0.15) is 6.04 Å². The van der Waals surface area contributed by atoms with Crippen LogP contribution in [0.1, 0.15) is 32.4 Å². The van der Waals surface area contributed by atoms with E-state index in [1.54, 1.807) is 51.1 Å². The number of carboxylic acids is 1. The first kappa shape index (κ1) is 15.2. The van der Waals surface area contributed by atoms with Crippen LogP contribution in [0.15, 0.2) is 30.3 Å². The number of nitrogens with one attached hydrogen (secondary N) is 1. The van der Waals surface area contributed by atoms with Gasteiger partial charge in [-0.3, -0.25) is 4.79 Å². The summed E-state index contributed by atoms with van der Waals surface area (Å²) in [5.41, 5.74) is -0.212. The molecule has 0 bridgehead atoms. The molecule has 2 unspecified atom stereocenters. The number of hydrogen-bond acceptors (Lipinski definition) is 3. The molecule has 0 aliphatic rings. The fourth-order valence-corrected chi connectivity index (χ4v) is 1.66. The van der Waals surface area contributed by atoms with Crippen LogP contribution < -0.4 is 5.32 Å². The summed E-state index contributed by atoms with van der Waals surface area (Å²) in [5.74, 6) is -1.84. The molecule has 3 N–H and O–H groups in total.